The van der Waals surface area contributed by atoms with Crippen molar-refractivity contribution in [3.63, 3.8) is 0 Å². The van der Waals surface area contributed by atoms with Crippen molar-refractivity contribution in [3.05, 3.63) is 48.0 Å². The topological polar surface area (TPSA) is 32.3 Å². The second kappa shape index (κ2) is 6.18. The standard InChI is InChI=1S/C17H23NO/c1-3-12-18-17(2,11-13-19)16-10-6-8-14-7-4-5-9-15(14)16/h4-10,18-19H,3,11-13H2,1-2H3. The van der Waals surface area contributed by atoms with Gasteiger partial charge in [0.25, 0.3) is 0 Å². The Morgan fingerprint density at radius 2 is 1.84 bits per heavy atom. The first-order chi connectivity index (χ1) is 9.21. The van der Waals surface area contributed by atoms with Crippen LogP contribution >= 0.6 is 0 Å². The molecule has 19 heavy (non-hydrogen) atoms. The van der Waals surface area contributed by atoms with Crippen LogP contribution in [0.15, 0.2) is 42.5 Å². The molecule has 0 spiro atoms. The molecule has 2 aromatic carbocycles. The van der Waals surface area contributed by atoms with Gasteiger partial charge in [0.15, 0.2) is 0 Å². The number of benzene rings is 2. The first-order valence-corrected chi connectivity index (χ1v) is 7.05. The molecule has 2 aromatic rings. The van der Waals surface area contributed by atoms with E-state index in [0.717, 1.165) is 19.4 Å². The van der Waals surface area contributed by atoms with E-state index in [4.69, 9.17) is 0 Å². The summed E-state index contributed by atoms with van der Waals surface area (Å²) in [4.78, 5) is 0. The summed E-state index contributed by atoms with van der Waals surface area (Å²) in [6.45, 7) is 5.49. The molecule has 2 rings (SSSR count). The van der Waals surface area contributed by atoms with E-state index in [1.54, 1.807) is 0 Å². The van der Waals surface area contributed by atoms with Crippen molar-refractivity contribution in [1.29, 1.82) is 0 Å². The summed E-state index contributed by atoms with van der Waals surface area (Å²) in [5, 5.41) is 15.5. The fraction of sp³-hybridized carbons (Fsp3) is 0.412. The molecule has 0 saturated heterocycles. The summed E-state index contributed by atoms with van der Waals surface area (Å²) in [5.41, 5.74) is 1.10. The van der Waals surface area contributed by atoms with E-state index in [-0.39, 0.29) is 12.1 Å². The van der Waals surface area contributed by atoms with Crippen molar-refractivity contribution in [2.75, 3.05) is 13.2 Å². The van der Waals surface area contributed by atoms with Crippen LogP contribution < -0.4 is 5.32 Å². The maximum Gasteiger partial charge on any atom is 0.0451 e. The molecule has 2 heteroatoms. The molecule has 102 valence electrons. The molecule has 1 atom stereocenters. The molecule has 0 aliphatic rings. The molecule has 0 aliphatic carbocycles. The van der Waals surface area contributed by atoms with Crippen LogP contribution in [0.5, 0.6) is 0 Å². The Morgan fingerprint density at radius 1 is 1.11 bits per heavy atom. The monoisotopic (exact) mass is 257 g/mol. The van der Waals surface area contributed by atoms with Crippen LogP contribution in [0.25, 0.3) is 10.8 Å². The number of nitrogens with one attached hydrogen (secondary N) is 1. The maximum absolute atomic E-state index is 9.39. The summed E-state index contributed by atoms with van der Waals surface area (Å²) in [5.74, 6) is 0. The minimum absolute atomic E-state index is 0.175. The lowest BCUT2D eigenvalue weighted by molar-refractivity contribution is 0.222. The third-order valence-corrected chi connectivity index (χ3v) is 3.76. The summed E-state index contributed by atoms with van der Waals surface area (Å²) >= 11 is 0. The minimum atomic E-state index is -0.175. The molecule has 2 nitrogen and oxygen atoms in total. The number of rotatable bonds is 6. The second-order valence-corrected chi connectivity index (χ2v) is 5.26. The van der Waals surface area contributed by atoms with Crippen molar-refractivity contribution >= 4 is 10.8 Å². The van der Waals surface area contributed by atoms with Gasteiger partial charge in [-0.1, -0.05) is 49.4 Å². The zero-order valence-corrected chi connectivity index (χ0v) is 11.8. The molecule has 1 unspecified atom stereocenters. The van der Waals surface area contributed by atoms with Crippen LogP contribution in [-0.4, -0.2) is 18.3 Å². The molecule has 0 fully saturated rings. The van der Waals surface area contributed by atoms with Crippen molar-refractivity contribution in [2.24, 2.45) is 0 Å². The molecule has 0 aliphatic heterocycles. The van der Waals surface area contributed by atoms with Crippen LogP contribution in [0.1, 0.15) is 32.3 Å². The highest BCUT2D eigenvalue weighted by Crippen LogP contribution is 2.31. The van der Waals surface area contributed by atoms with Gasteiger partial charge in [0.1, 0.15) is 0 Å². The zero-order chi connectivity index (χ0) is 13.7. The molecule has 0 amide bonds. The van der Waals surface area contributed by atoms with Crippen molar-refractivity contribution in [1.82, 2.24) is 5.32 Å². The van der Waals surface area contributed by atoms with Crippen LogP contribution in [0.2, 0.25) is 0 Å². The largest absolute Gasteiger partial charge is 0.396 e. The molecule has 2 N–H and O–H groups in total. The van der Waals surface area contributed by atoms with Crippen molar-refractivity contribution < 1.29 is 5.11 Å². The lowest BCUT2D eigenvalue weighted by Gasteiger charge is -2.32. The molecular weight excluding hydrogens is 234 g/mol. The van der Waals surface area contributed by atoms with Gasteiger partial charge in [-0.3, -0.25) is 0 Å². The molecular formula is C17H23NO. The third-order valence-electron chi connectivity index (χ3n) is 3.76. The van der Waals surface area contributed by atoms with Gasteiger partial charge in [-0.25, -0.2) is 0 Å². The van der Waals surface area contributed by atoms with Gasteiger partial charge in [0.2, 0.25) is 0 Å². The van der Waals surface area contributed by atoms with E-state index in [1.807, 2.05) is 0 Å². The number of aliphatic hydroxyl groups is 1. The number of hydrogen-bond acceptors (Lipinski definition) is 2. The molecule has 0 radical (unpaired) electrons. The van der Waals surface area contributed by atoms with E-state index >= 15 is 0 Å². The van der Waals surface area contributed by atoms with E-state index in [1.165, 1.54) is 16.3 Å². The van der Waals surface area contributed by atoms with E-state index in [2.05, 4.69) is 61.6 Å². The summed E-state index contributed by atoms with van der Waals surface area (Å²) in [6.07, 6.45) is 1.81. The van der Waals surface area contributed by atoms with Crippen LogP contribution in [0.3, 0.4) is 0 Å². The fourth-order valence-corrected chi connectivity index (χ4v) is 2.65. The normalized spacial score (nSPS) is 14.5. The van der Waals surface area contributed by atoms with Crippen LogP contribution in [0.4, 0.5) is 0 Å². The van der Waals surface area contributed by atoms with Crippen molar-refractivity contribution in [2.45, 2.75) is 32.2 Å². The number of aliphatic hydroxyl groups excluding tert-OH is 1. The summed E-state index contributed by atoms with van der Waals surface area (Å²) < 4.78 is 0. The van der Waals surface area contributed by atoms with Crippen LogP contribution in [-0.2, 0) is 5.54 Å². The van der Waals surface area contributed by atoms with E-state index < -0.39 is 0 Å². The highest BCUT2D eigenvalue weighted by molar-refractivity contribution is 5.86. The predicted octanol–water partition coefficient (Wildman–Crippen LogP) is 3.44. The molecule has 0 bridgehead atoms. The Bertz CT molecular complexity index is 532. The first-order valence-electron chi connectivity index (χ1n) is 7.05. The Kier molecular flexibility index (Phi) is 4.56. The van der Waals surface area contributed by atoms with Gasteiger partial charge in [0.05, 0.1) is 0 Å². The van der Waals surface area contributed by atoms with E-state index in [9.17, 15) is 5.11 Å². The Morgan fingerprint density at radius 3 is 2.58 bits per heavy atom. The first kappa shape index (κ1) is 14.0. The minimum Gasteiger partial charge on any atom is -0.396 e. The lowest BCUT2D eigenvalue weighted by atomic mass is 9.85. The quantitative estimate of drug-likeness (QED) is 0.831. The average molecular weight is 257 g/mol. The van der Waals surface area contributed by atoms with Gasteiger partial charge < -0.3 is 10.4 Å². The summed E-state index contributed by atoms with van der Waals surface area (Å²) in [7, 11) is 0. The fourth-order valence-electron chi connectivity index (χ4n) is 2.65. The Hall–Kier alpha value is -1.38. The molecule has 0 saturated carbocycles. The number of fused-ring (bicyclic) bond motifs is 1. The van der Waals surface area contributed by atoms with Gasteiger partial charge in [-0.2, -0.15) is 0 Å². The van der Waals surface area contributed by atoms with Crippen LogP contribution in [0, 0.1) is 0 Å². The van der Waals surface area contributed by atoms with Gasteiger partial charge in [0, 0.05) is 12.1 Å². The van der Waals surface area contributed by atoms with Gasteiger partial charge in [-0.05, 0) is 42.6 Å². The second-order valence-electron chi connectivity index (χ2n) is 5.26. The van der Waals surface area contributed by atoms with E-state index in [0.29, 0.717) is 0 Å². The Labute approximate surface area is 115 Å². The molecule has 0 heterocycles. The van der Waals surface area contributed by atoms with Gasteiger partial charge >= 0.3 is 0 Å². The van der Waals surface area contributed by atoms with Crippen molar-refractivity contribution in [3.8, 4) is 0 Å². The number of hydrogen-bond donors (Lipinski definition) is 2. The van der Waals surface area contributed by atoms with Gasteiger partial charge in [-0.15, -0.1) is 0 Å². The molecule has 0 aromatic heterocycles. The predicted molar refractivity (Wildman–Crippen MR) is 81.3 cm³/mol. The smallest absolute Gasteiger partial charge is 0.0451 e. The summed E-state index contributed by atoms with van der Waals surface area (Å²) in [6, 6.07) is 14.8. The average Bonchev–Trinajstić information content (AvgIpc) is 2.45. The third kappa shape index (κ3) is 2.96. The Balaban J connectivity index is 2.49. The SMILES string of the molecule is CCCNC(C)(CCO)c1cccc2ccccc12. The lowest BCUT2D eigenvalue weighted by Crippen LogP contribution is -2.41. The maximum atomic E-state index is 9.39. The highest BCUT2D eigenvalue weighted by atomic mass is 16.3. The highest BCUT2D eigenvalue weighted by Gasteiger charge is 2.26. The zero-order valence-electron chi connectivity index (χ0n) is 11.8.